The molecule has 1 aromatic heterocycles. The van der Waals surface area contributed by atoms with E-state index in [0.717, 1.165) is 10.0 Å². The van der Waals surface area contributed by atoms with Gasteiger partial charge in [-0.05, 0) is 59.6 Å². The average molecular weight is 309 g/mol. The fourth-order valence-corrected chi connectivity index (χ4v) is 2.32. The molecule has 1 amide bonds. The second kappa shape index (κ2) is 4.86. The first-order valence-electron chi connectivity index (χ1n) is 5.41. The summed E-state index contributed by atoms with van der Waals surface area (Å²) in [6.45, 7) is 3.72. The van der Waals surface area contributed by atoms with E-state index in [-0.39, 0.29) is 11.7 Å². The number of hydrogen-bond donors (Lipinski definition) is 2. The molecule has 94 valence electrons. The van der Waals surface area contributed by atoms with Crippen molar-refractivity contribution in [2.24, 2.45) is 0 Å². The largest absolute Gasteiger partial charge is 0.456 e. The van der Waals surface area contributed by atoms with Gasteiger partial charge >= 0.3 is 0 Å². The molecule has 0 fully saturated rings. The number of carbonyl (C=O) groups excluding carboxylic acids is 1. The van der Waals surface area contributed by atoms with Crippen molar-refractivity contribution >= 4 is 33.2 Å². The Kier molecular flexibility index (Phi) is 3.43. The Morgan fingerprint density at radius 2 is 2.06 bits per heavy atom. The summed E-state index contributed by atoms with van der Waals surface area (Å²) in [4.78, 5) is 11.9. The monoisotopic (exact) mass is 308 g/mol. The Morgan fingerprint density at radius 3 is 2.61 bits per heavy atom. The Labute approximate surface area is 113 Å². The Balaban J connectivity index is 2.27. The predicted molar refractivity (Wildman–Crippen MR) is 74.7 cm³/mol. The molecule has 1 heterocycles. The molecule has 0 atom stereocenters. The zero-order valence-corrected chi connectivity index (χ0v) is 11.7. The van der Waals surface area contributed by atoms with E-state index in [4.69, 9.17) is 10.2 Å². The van der Waals surface area contributed by atoms with Crippen molar-refractivity contribution in [3.8, 4) is 0 Å². The number of rotatable bonds is 2. The number of amides is 1. The number of benzene rings is 1. The molecule has 3 N–H and O–H groups in total. The highest BCUT2D eigenvalue weighted by molar-refractivity contribution is 9.10. The van der Waals surface area contributed by atoms with Crippen LogP contribution in [0.3, 0.4) is 0 Å². The van der Waals surface area contributed by atoms with Gasteiger partial charge in [0, 0.05) is 4.47 Å². The standard InChI is InChI=1S/C13H13BrN2O2/c1-7-5-9(14)12(10(15)6-7)16-13(17)11-4-3-8(2)18-11/h3-6H,15H2,1-2H3,(H,16,17). The number of furan rings is 1. The van der Waals surface area contributed by atoms with Crippen molar-refractivity contribution in [2.75, 3.05) is 11.1 Å². The van der Waals surface area contributed by atoms with Gasteiger partial charge < -0.3 is 15.5 Å². The summed E-state index contributed by atoms with van der Waals surface area (Å²) in [6.07, 6.45) is 0. The van der Waals surface area contributed by atoms with E-state index in [9.17, 15) is 4.79 Å². The van der Waals surface area contributed by atoms with Gasteiger partial charge in [-0.15, -0.1) is 0 Å². The number of halogens is 1. The molecule has 0 saturated carbocycles. The van der Waals surface area contributed by atoms with Crippen LogP contribution >= 0.6 is 15.9 Å². The Bertz CT molecular complexity index is 582. The summed E-state index contributed by atoms with van der Waals surface area (Å²) in [5, 5.41) is 2.73. The maximum atomic E-state index is 11.9. The minimum atomic E-state index is -0.320. The summed E-state index contributed by atoms with van der Waals surface area (Å²) in [5.74, 6) is 0.634. The fraction of sp³-hybridized carbons (Fsp3) is 0.154. The van der Waals surface area contributed by atoms with Gasteiger partial charge in [-0.3, -0.25) is 4.79 Å². The van der Waals surface area contributed by atoms with Crippen molar-refractivity contribution in [2.45, 2.75) is 13.8 Å². The minimum Gasteiger partial charge on any atom is -0.456 e. The van der Waals surface area contributed by atoms with Crippen molar-refractivity contribution in [3.05, 3.63) is 45.8 Å². The van der Waals surface area contributed by atoms with E-state index in [1.54, 1.807) is 25.1 Å². The molecule has 2 rings (SSSR count). The zero-order valence-electron chi connectivity index (χ0n) is 10.1. The lowest BCUT2D eigenvalue weighted by Crippen LogP contribution is -2.13. The first-order valence-corrected chi connectivity index (χ1v) is 6.20. The zero-order chi connectivity index (χ0) is 13.3. The van der Waals surface area contributed by atoms with Gasteiger partial charge in [-0.2, -0.15) is 0 Å². The van der Waals surface area contributed by atoms with Gasteiger partial charge in [-0.25, -0.2) is 0 Å². The van der Waals surface area contributed by atoms with Crippen molar-refractivity contribution in [1.82, 2.24) is 0 Å². The van der Waals surface area contributed by atoms with Gasteiger partial charge in [0.05, 0.1) is 11.4 Å². The third-order valence-electron chi connectivity index (χ3n) is 2.47. The van der Waals surface area contributed by atoms with Gasteiger partial charge in [0.15, 0.2) is 5.76 Å². The van der Waals surface area contributed by atoms with Crippen LogP contribution < -0.4 is 11.1 Å². The van der Waals surface area contributed by atoms with E-state index in [1.165, 1.54) is 0 Å². The molecule has 0 bridgehead atoms. The molecule has 0 radical (unpaired) electrons. The summed E-state index contributed by atoms with van der Waals surface area (Å²) in [5.41, 5.74) is 7.97. The number of hydrogen-bond acceptors (Lipinski definition) is 3. The molecule has 18 heavy (non-hydrogen) atoms. The SMILES string of the molecule is Cc1cc(N)c(NC(=O)c2ccc(C)o2)c(Br)c1. The maximum absolute atomic E-state index is 11.9. The molecule has 1 aromatic carbocycles. The number of anilines is 2. The van der Waals surface area contributed by atoms with Gasteiger partial charge in [0.25, 0.3) is 5.91 Å². The van der Waals surface area contributed by atoms with Crippen LogP contribution in [0.25, 0.3) is 0 Å². The molecule has 0 spiro atoms. The van der Waals surface area contributed by atoms with Gasteiger partial charge in [0.2, 0.25) is 0 Å². The molecule has 2 aromatic rings. The molecule has 5 heteroatoms. The van der Waals surface area contributed by atoms with Crippen molar-refractivity contribution in [1.29, 1.82) is 0 Å². The number of nitrogen functional groups attached to an aromatic ring is 1. The normalized spacial score (nSPS) is 10.4. The molecule has 4 nitrogen and oxygen atoms in total. The molecule has 0 aliphatic heterocycles. The fourth-order valence-electron chi connectivity index (χ4n) is 1.63. The molecule has 0 aliphatic rings. The van der Waals surface area contributed by atoms with Crippen molar-refractivity contribution < 1.29 is 9.21 Å². The first-order chi connectivity index (χ1) is 8.47. The van der Waals surface area contributed by atoms with Crippen LogP contribution in [0.2, 0.25) is 0 Å². The molecule has 0 aliphatic carbocycles. The lowest BCUT2D eigenvalue weighted by atomic mass is 10.2. The quantitative estimate of drug-likeness (QED) is 0.834. The molecular formula is C13H13BrN2O2. The number of carbonyl (C=O) groups is 1. The van der Waals surface area contributed by atoms with E-state index in [2.05, 4.69) is 21.2 Å². The highest BCUT2D eigenvalue weighted by atomic mass is 79.9. The lowest BCUT2D eigenvalue weighted by molar-refractivity contribution is 0.0995. The van der Waals surface area contributed by atoms with Gasteiger partial charge in [0.1, 0.15) is 5.76 Å². The summed E-state index contributed by atoms with van der Waals surface area (Å²) in [7, 11) is 0. The van der Waals surface area contributed by atoms with E-state index >= 15 is 0 Å². The third kappa shape index (κ3) is 2.56. The number of nitrogens with one attached hydrogen (secondary N) is 1. The van der Waals surface area contributed by atoms with Crippen molar-refractivity contribution in [3.63, 3.8) is 0 Å². The van der Waals surface area contributed by atoms with Crippen LogP contribution in [0.1, 0.15) is 21.9 Å². The van der Waals surface area contributed by atoms with Crippen LogP contribution in [0, 0.1) is 13.8 Å². The minimum absolute atomic E-state index is 0.263. The van der Waals surface area contributed by atoms with Crippen LogP contribution in [0.4, 0.5) is 11.4 Å². The maximum Gasteiger partial charge on any atom is 0.291 e. The second-order valence-corrected chi connectivity index (χ2v) is 4.93. The molecular weight excluding hydrogens is 296 g/mol. The Hall–Kier alpha value is -1.75. The molecule has 0 saturated heterocycles. The Morgan fingerprint density at radius 1 is 1.33 bits per heavy atom. The highest BCUT2D eigenvalue weighted by Gasteiger charge is 2.14. The van der Waals surface area contributed by atoms with E-state index in [0.29, 0.717) is 17.1 Å². The van der Waals surface area contributed by atoms with E-state index in [1.807, 2.05) is 13.0 Å². The number of aryl methyl sites for hydroxylation is 2. The summed E-state index contributed by atoms with van der Waals surface area (Å²) in [6, 6.07) is 7.05. The van der Waals surface area contributed by atoms with Crippen LogP contribution in [-0.4, -0.2) is 5.91 Å². The topological polar surface area (TPSA) is 68.3 Å². The second-order valence-electron chi connectivity index (χ2n) is 4.08. The smallest absolute Gasteiger partial charge is 0.291 e. The predicted octanol–water partition coefficient (Wildman–Crippen LogP) is 3.49. The summed E-state index contributed by atoms with van der Waals surface area (Å²) < 4.78 is 6.00. The lowest BCUT2D eigenvalue weighted by Gasteiger charge is -2.10. The highest BCUT2D eigenvalue weighted by Crippen LogP contribution is 2.30. The third-order valence-corrected chi connectivity index (χ3v) is 3.09. The first kappa shape index (κ1) is 12.7. The number of nitrogens with two attached hydrogens (primary N) is 1. The van der Waals surface area contributed by atoms with Gasteiger partial charge in [-0.1, -0.05) is 0 Å². The average Bonchev–Trinajstić information content (AvgIpc) is 2.70. The van der Waals surface area contributed by atoms with Crippen LogP contribution in [-0.2, 0) is 0 Å². The summed E-state index contributed by atoms with van der Waals surface area (Å²) >= 11 is 3.38. The van der Waals surface area contributed by atoms with E-state index < -0.39 is 0 Å². The van der Waals surface area contributed by atoms with Crippen LogP contribution in [0.15, 0.2) is 33.2 Å². The van der Waals surface area contributed by atoms with Crippen LogP contribution in [0.5, 0.6) is 0 Å². The molecule has 0 unspecified atom stereocenters.